The fourth-order valence-corrected chi connectivity index (χ4v) is 7.92. The number of aromatic nitrogens is 4. The minimum Gasteiger partial charge on any atom is -0.393 e. The Balaban J connectivity index is 0.000000152. The minimum atomic E-state index is -0.695. The lowest BCUT2D eigenvalue weighted by Gasteiger charge is -2.42. The van der Waals surface area contributed by atoms with Crippen LogP contribution >= 0.6 is 0 Å². The van der Waals surface area contributed by atoms with Gasteiger partial charge in [-0.1, -0.05) is 11.1 Å². The van der Waals surface area contributed by atoms with Crippen LogP contribution in [0.4, 0.5) is 8.78 Å². The van der Waals surface area contributed by atoms with Crippen molar-refractivity contribution in [2.24, 2.45) is 10.8 Å². The number of hydrogen-bond donors (Lipinski definition) is 1. The summed E-state index contributed by atoms with van der Waals surface area (Å²) in [6.07, 6.45) is 11.5. The predicted octanol–water partition coefficient (Wildman–Crippen LogP) is 6.35. The van der Waals surface area contributed by atoms with E-state index in [4.69, 9.17) is 0 Å². The van der Waals surface area contributed by atoms with E-state index in [1.165, 1.54) is 24.3 Å². The third-order valence-electron chi connectivity index (χ3n) is 10.6. The second kappa shape index (κ2) is 12.0. The first-order valence-corrected chi connectivity index (χ1v) is 16.3. The molecule has 10 heteroatoms. The third kappa shape index (κ3) is 5.38. The second-order valence-corrected chi connectivity index (χ2v) is 13.5. The van der Waals surface area contributed by atoms with Gasteiger partial charge in [0.2, 0.25) is 0 Å². The van der Waals surface area contributed by atoms with Crippen LogP contribution in [0, 0.1) is 22.5 Å². The van der Waals surface area contributed by atoms with Crippen LogP contribution in [-0.4, -0.2) is 48.1 Å². The number of allylic oxidation sites excluding steroid dienone is 2. The van der Waals surface area contributed by atoms with E-state index in [9.17, 15) is 28.3 Å². The molecule has 0 aliphatic heterocycles. The Morgan fingerprint density at radius 3 is 1.71 bits per heavy atom. The van der Waals surface area contributed by atoms with Crippen LogP contribution in [0.1, 0.15) is 74.9 Å². The molecule has 2 heterocycles. The van der Waals surface area contributed by atoms with Crippen molar-refractivity contribution in [1.29, 1.82) is 0 Å². The van der Waals surface area contributed by atoms with Crippen molar-refractivity contribution in [3.05, 3.63) is 106 Å². The zero-order valence-electron chi connectivity index (χ0n) is 26.9. The Morgan fingerprint density at radius 2 is 1.21 bits per heavy atom. The number of ketones is 3. The molecule has 2 aromatic carbocycles. The molecular weight excluding hydrogens is 614 g/mol. The summed E-state index contributed by atoms with van der Waals surface area (Å²) in [5.74, 6) is -0.277. The van der Waals surface area contributed by atoms with Gasteiger partial charge in [-0.05, 0) is 124 Å². The van der Waals surface area contributed by atoms with E-state index >= 15 is 0 Å². The van der Waals surface area contributed by atoms with Crippen LogP contribution in [0.3, 0.4) is 0 Å². The van der Waals surface area contributed by atoms with Gasteiger partial charge in [0.1, 0.15) is 29.0 Å². The molecule has 4 aliphatic rings. The number of halogens is 2. The lowest BCUT2D eigenvalue weighted by Crippen LogP contribution is -2.42. The van der Waals surface area contributed by atoms with E-state index in [0.717, 1.165) is 51.5 Å². The van der Waals surface area contributed by atoms with Gasteiger partial charge in [-0.25, -0.2) is 18.1 Å². The van der Waals surface area contributed by atoms with E-state index in [1.54, 1.807) is 59.9 Å². The molecule has 2 saturated carbocycles. The Labute approximate surface area is 276 Å². The Bertz CT molecular complexity index is 2010. The van der Waals surface area contributed by atoms with Crippen molar-refractivity contribution < 1.29 is 28.3 Å². The second-order valence-electron chi connectivity index (χ2n) is 13.5. The van der Waals surface area contributed by atoms with Gasteiger partial charge in [0.15, 0.2) is 0 Å². The zero-order valence-corrected chi connectivity index (χ0v) is 26.9. The standard InChI is InChI=1S/C19H19FN2O2.C19H17FN2O2/c2*1-12(23)19-9-13-11-21-22(16-5-3-15(20)4-6-16)18(13)8-14(19)2-7-17(24)10-19/h3-6,8,11,17,24H,2,7,9-10H2,1H3;3-6,8,11H,2,7,9-10H2,1H3/t17?,19-;19-/m11/s1. The molecule has 2 aromatic heterocycles. The molecule has 8 rings (SSSR count). The largest absolute Gasteiger partial charge is 0.393 e. The van der Waals surface area contributed by atoms with Crippen molar-refractivity contribution in [2.75, 3.05) is 0 Å². The monoisotopic (exact) mass is 650 g/mol. The molecule has 0 spiro atoms. The molecule has 2 fully saturated rings. The van der Waals surface area contributed by atoms with Crippen LogP contribution in [0.15, 0.2) is 72.1 Å². The molecule has 246 valence electrons. The molecule has 4 aliphatic carbocycles. The van der Waals surface area contributed by atoms with Crippen molar-refractivity contribution in [3.8, 4) is 11.4 Å². The molecule has 1 unspecified atom stereocenters. The maximum atomic E-state index is 13.2. The summed E-state index contributed by atoms with van der Waals surface area (Å²) in [5.41, 5.74) is 6.19. The van der Waals surface area contributed by atoms with Gasteiger partial charge in [0.05, 0.1) is 52.1 Å². The highest BCUT2D eigenvalue weighted by Crippen LogP contribution is 2.49. The normalized spacial score (nSPS) is 24.1. The topological polar surface area (TPSA) is 107 Å². The van der Waals surface area contributed by atoms with Gasteiger partial charge in [0, 0.05) is 12.8 Å². The summed E-state index contributed by atoms with van der Waals surface area (Å²) >= 11 is 0. The fraction of sp³-hybridized carbons (Fsp3) is 0.342. The number of aliphatic hydroxyl groups is 1. The minimum absolute atomic E-state index is 0.0435. The smallest absolute Gasteiger partial charge is 0.140 e. The maximum absolute atomic E-state index is 13.2. The van der Waals surface area contributed by atoms with Gasteiger partial charge in [0.25, 0.3) is 0 Å². The zero-order chi connectivity index (χ0) is 33.8. The molecule has 0 radical (unpaired) electrons. The number of carbonyl (C=O) groups excluding carboxylic acids is 3. The predicted molar refractivity (Wildman–Crippen MR) is 175 cm³/mol. The fourth-order valence-electron chi connectivity index (χ4n) is 7.92. The first-order valence-electron chi connectivity index (χ1n) is 16.3. The number of carbonyl (C=O) groups is 3. The van der Waals surface area contributed by atoms with Crippen LogP contribution in [0.5, 0.6) is 0 Å². The Morgan fingerprint density at radius 1 is 0.729 bits per heavy atom. The Hall–Kier alpha value is -4.83. The molecule has 1 N–H and O–H groups in total. The van der Waals surface area contributed by atoms with Gasteiger partial charge in [-0.2, -0.15) is 10.2 Å². The molecule has 0 bridgehead atoms. The number of Topliss-reactive ketones (excluding diaryl/α,β-unsaturated/α-hetero) is 3. The van der Waals surface area contributed by atoms with Crippen molar-refractivity contribution in [1.82, 2.24) is 19.6 Å². The average molecular weight is 651 g/mol. The Kier molecular flexibility index (Phi) is 7.94. The van der Waals surface area contributed by atoms with Crippen LogP contribution < -0.4 is 0 Å². The van der Waals surface area contributed by atoms with Crippen molar-refractivity contribution >= 4 is 29.5 Å². The van der Waals surface area contributed by atoms with E-state index < -0.39 is 16.9 Å². The van der Waals surface area contributed by atoms with Crippen LogP contribution in [-0.2, 0) is 27.2 Å². The molecule has 3 atom stereocenters. The molecule has 4 aromatic rings. The highest BCUT2D eigenvalue weighted by Gasteiger charge is 2.47. The highest BCUT2D eigenvalue weighted by molar-refractivity contribution is 5.96. The summed E-state index contributed by atoms with van der Waals surface area (Å²) in [7, 11) is 0. The molecule has 0 amide bonds. The maximum Gasteiger partial charge on any atom is 0.140 e. The molecule has 0 saturated heterocycles. The number of hydrogen-bond acceptors (Lipinski definition) is 6. The first-order chi connectivity index (χ1) is 23.0. The lowest BCUT2D eigenvalue weighted by atomic mass is 9.62. The summed E-state index contributed by atoms with van der Waals surface area (Å²) in [4.78, 5) is 36.7. The van der Waals surface area contributed by atoms with Crippen LogP contribution in [0.25, 0.3) is 23.5 Å². The first kappa shape index (κ1) is 31.8. The molecule has 48 heavy (non-hydrogen) atoms. The molecule has 8 nitrogen and oxygen atoms in total. The quantitative estimate of drug-likeness (QED) is 0.276. The van der Waals surface area contributed by atoms with E-state index in [2.05, 4.69) is 10.2 Å². The van der Waals surface area contributed by atoms with Gasteiger partial charge in [-0.15, -0.1) is 0 Å². The number of rotatable bonds is 4. The number of nitrogens with zero attached hydrogens (tertiary/aromatic N) is 4. The van der Waals surface area contributed by atoms with E-state index in [1.807, 2.05) is 12.2 Å². The number of benzene rings is 2. The summed E-state index contributed by atoms with van der Waals surface area (Å²) in [6, 6.07) is 12.4. The summed E-state index contributed by atoms with van der Waals surface area (Å²) in [5, 5.41) is 18.9. The summed E-state index contributed by atoms with van der Waals surface area (Å²) in [6.45, 7) is 3.18. The lowest BCUT2D eigenvalue weighted by molar-refractivity contribution is -0.132. The van der Waals surface area contributed by atoms with Crippen molar-refractivity contribution in [2.45, 2.75) is 71.3 Å². The number of aliphatic hydroxyl groups excluding tert-OH is 1. The highest BCUT2D eigenvalue weighted by atomic mass is 19.1. The SMILES string of the molecule is CC(=O)[C@@]12CC(=O)CCC1=Cc1c(cnn1-c1ccc(F)cc1)C2.CC(=O)[C@]12Cc3cnn(-c4ccc(F)cc4)c3C=C1CCC(O)C2. The van der Waals surface area contributed by atoms with E-state index in [-0.39, 0.29) is 35.4 Å². The van der Waals surface area contributed by atoms with Gasteiger partial charge >= 0.3 is 0 Å². The van der Waals surface area contributed by atoms with Gasteiger partial charge in [-0.3, -0.25) is 14.4 Å². The van der Waals surface area contributed by atoms with E-state index in [0.29, 0.717) is 38.5 Å². The summed E-state index contributed by atoms with van der Waals surface area (Å²) < 4.78 is 29.9. The third-order valence-corrected chi connectivity index (χ3v) is 10.6. The number of fused-ring (bicyclic) bond motifs is 4. The van der Waals surface area contributed by atoms with Crippen molar-refractivity contribution in [3.63, 3.8) is 0 Å². The average Bonchev–Trinajstić information content (AvgIpc) is 3.66. The van der Waals surface area contributed by atoms with Crippen LogP contribution in [0.2, 0.25) is 0 Å². The molecular formula is C38H36F2N4O4. The van der Waals surface area contributed by atoms with Gasteiger partial charge < -0.3 is 5.11 Å².